The number of halogens is 2. The van der Waals surface area contributed by atoms with E-state index in [0.717, 1.165) is 5.92 Å². The summed E-state index contributed by atoms with van der Waals surface area (Å²) in [7, 11) is 0. The van der Waals surface area contributed by atoms with Gasteiger partial charge in [-0.15, -0.1) is 12.2 Å². The van der Waals surface area contributed by atoms with E-state index in [1.165, 1.54) is 38.5 Å². The van der Waals surface area contributed by atoms with E-state index in [2.05, 4.69) is 25.2 Å². The molecule has 0 saturated heterocycles. The molecule has 0 heterocycles. The Kier molecular flexibility index (Phi) is 11.7. The van der Waals surface area contributed by atoms with Gasteiger partial charge in [0.05, 0.1) is 0 Å². The summed E-state index contributed by atoms with van der Waals surface area (Å²) in [5.74, 6) is 2.65. The summed E-state index contributed by atoms with van der Waals surface area (Å²) in [6.45, 7) is 2.28. The van der Waals surface area contributed by atoms with Crippen molar-refractivity contribution in [2.45, 2.75) is 45.4 Å². The molecule has 89 valence electrons. The molecule has 0 spiro atoms. The van der Waals surface area contributed by atoms with E-state index in [0.29, 0.717) is 0 Å². The quantitative estimate of drug-likeness (QED) is 0.526. The number of fused-ring (bicyclic) bond motifs is 1. The maximum Gasteiger partial charge on any atom is 3.00 e. The van der Waals surface area contributed by atoms with E-state index in [1.807, 2.05) is 0 Å². The Bertz CT molecular complexity index is 236. The zero-order valence-corrected chi connectivity index (χ0v) is 13.8. The summed E-state index contributed by atoms with van der Waals surface area (Å²) in [5.41, 5.74) is 1.69. The van der Waals surface area contributed by atoms with Crippen LogP contribution < -0.4 is 24.8 Å². The van der Waals surface area contributed by atoms with Crippen LogP contribution in [0.15, 0.2) is 23.8 Å². The van der Waals surface area contributed by atoms with Gasteiger partial charge in [-0.1, -0.05) is 39.0 Å². The van der Waals surface area contributed by atoms with E-state index in [1.54, 1.807) is 11.5 Å². The summed E-state index contributed by atoms with van der Waals surface area (Å²) in [6.07, 6.45) is 15.0. The Labute approximate surface area is 131 Å². The third-order valence-electron chi connectivity index (χ3n) is 3.31. The summed E-state index contributed by atoms with van der Waals surface area (Å²) >= 11 is 0. The first-order chi connectivity index (χ1) is 6.42. The van der Waals surface area contributed by atoms with Crippen molar-refractivity contribution in [3.05, 3.63) is 29.7 Å². The molecule has 2 aliphatic carbocycles. The maximum atomic E-state index is 2.35. The smallest absolute Gasteiger partial charge is 1.00 e. The Balaban J connectivity index is 0. The predicted molar refractivity (Wildman–Crippen MR) is 57.3 cm³/mol. The predicted octanol–water partition coefficient (Wildman–Crippen LogP) is -1.95. The number of hydrogen-bond acceptors (Lipinski definition) is 0. The Morgan fingerprint density at radius 3 is 2.81 bits per heavy atom. The van der Waals surface area contributed by atoms with E-state index in [9.17, 15) is 0 Å². The van der Waals surface area contributed by atoms with Crippen LogP contribution in [0, 0.1) is 11.8 Å². The van der Waals surface area contributed by atoms with Crippen LogP contribution in [0.25, 0.3) is 0 Å². The summed E-state index contributed by atoms with van der Waals surface area (Å²) in [5, 5.41) is 0. The summed E-state index contributed by atoms with van der Waals surface area (Å²) < 4.78 is 0. The Hall–Kier alpha value is 0.813. The fourth-order valence-corrected chi connectivity index (χ4v) is 2.51. The maximum absolute atomic E-state index is 2.35. The number of rotatable bonds is 3. The van der Waals surface area contributed by atoms with Crippen LogP contribution >= 0.6 is 0 Å². The summed E-state index contributed by atoms with van der Waals surface area (Å²) in [4.78, 5) is 0. The first-order valence-electron chi connectivity index (χ1n) is 5.63. The third-order valence-corrected chi connectivity index (χ3v) is 3.31. The van der Waals surface area contributed by atoms with Gasteiger partial charge in [-0.3, -0.25) is 0 Å². The molecular formula is C13H19Cl2Zr. The molecule has 1 unspecified atom stereocenters. The molecule has 16 heavy (non-hydrogen) atoms. The third kappa shape index (κ3) is 4.59. The monoisotopic (exact) mass is 335 g/mol. The average Bonchev–Trinajstić information content (AvgIpc) is 2.58. The fraction of sp³-hybridized carbons (Fsp3) is 0.615. The van der Waals surface area contributed by atoms with Gasteiger partial charge in [0.1, 0.15) is 0 Å². The van der Waals surface area contributed by atoms with Crippen LogP contribution in [-0.2, 0) is 26.2 Å². The van der Waals surface area contributed by atoms with Gasteiger partial charge in [-0.2, -0.15) is 0 Å². The van der Waals surface area contributed by atoms with Gasteiger partial charge in [-0.05, 0) is 12.3 Å². The van der Waals surface area contributed by atoms with Crippen LogP contribution in [0.1, 0.15) is 45.4 Å². The molecule has 1 atom stereocenters. The number of unbranched alkanes of at least 4 members (excludes halogenated alkanes) is 1. The van der Waals surface area contributed by atoms with Crippen molar-refractivity contribution in [3.8, 4) is 0 Å². The van der Waals surface area contributed by atoms with Crippen molar-refractivity contribution in [2.75, 3.05) is 0 Å². The topological polar surface area (TPSA) is 0 Å². The zero-order valence-electron chi connectivity index (χ0n) is 9.81. The van der Waals surface area contributed by atoms with E-state index in [4.69, 9.17) is 0 Å². The normalized spacial score (nSPS) is 21.2. The number of hydrogen-bond donors (Lipinski definition) is 0. The molecule has 0 aromatic carbocycles. The van der Waals surface area contributed by atoms with Crippen molar-refractivity contribution in [1.29, 1.82) is 0 Å². The second-order valence-electron chi connectivity index (χ2n) is 4.23. The van der Waals surface area contributed by atoms with Crippen LogP contribution in [0.2, 0.25) is 0 Å². The molecule has 0 bridgehead atoms. The minimum atomic E-state index is 0. The van der Waals surface area contributed by atoms with Gasteiger partial charge in [0.2, 0.25) is 0 Å². The minimum absolute atomic E-state index is 0. The van der Waals surface area contributed by atoms with Crippen molar-refractivity contribution in [1.82, 2.24) is 0 Å². The molecule has 1 radical (unpaired) electrons. The molecule has 1 saturated carbocycles. The van der Waals surface area contributed by atoms with Gasteiger partial charge in [0.25, 0.3) is 0 Å². The van der Waals surface area contributed by atoms with Crippen LogP contribution in [0.4, 0.5) is 0 Å². The molecule has 0 aliphatic heterocycles. The second kappa shape index (κ2) is 9.80. The van der Waals surface area contributed by atoms with Crippen molar-refractivity contribution in [2.24, 2.45) is 5.92 Å². The molecule has 0 nitrogen and oxygen atoms in total. The van der Waals surface area contributed by atoms with E-state index < -0.39 is 0 Å². The molecule has 0 aromatic heterocycles. The first-order valence-corrected chi connectivity index (χ1v) is 5.63. The molecule has 2 aliphatic rings. The molecule has 0 aromatic rings. The van der Waals surface area contributed by atoms with Gasteiger partial charge in [0.15, 0.2) is 0 Å². The number of allylic oxidation sites excluding steroid dienone is 4. The molecule has 2 rings (SSSR count). The minimum Gasteiger partial charge on any atom is -1.00 e. The van der Waals surface area contributed by atoms with Gasteiger partial charge in [0, 0.05) is 0 Å². The fourth-order valence-electron chi connectivity index (χ4n) is 2.51. The van der Waals surface area contributed by atoms with Gasteiger partial charge in [-0.25, -0.2) is 17.6 Å². The van der Waals surface area contributed by atoms with Crippen molar-refractivity contribution < 1.29 is 51.0 Å². The molecule has 0 N–H and O–H groups in total. The summed E-state index contributed by atoms with van der Waals surface area (Å²) in [6, 6.07) is 0. The van der Waals surface area contributed by atoms with Crippen LogP contribution in [0.3, 0.4) is 0 Å². The standard InChI is InChI=1S/C13H19.2ClH.Zr/c1-2-3-6-11-9-10-12-7-4-5-8-13(11)12;;;/h4-5,8,12H,2-3,6-7,9-10H2,1H3;2*1H;/q-1;;;+3/p-2. The molecule has 0 amide bonds. The van der Waals surface area contributed by atoms with Crippen molar-refractivity contribution >= 4 is 0 Å². The molecular weight excluding hydrogens is 318 g/mol. The molecule has 3 heteroatoms. The first kappa shape index (κ1) is 19.2. The van der Waals surface area contributed by atoms with E-state index >= 15 is 0 Å². The van der Waals surface area contributed by atoms with Crippen LogP contribution in [0.5, 0.6) is 0 Å². The zero-order chi connectivity index (χ0) is 9.10. The van der Waals surface area contributed by atoms with E-state index in [-0.39, 0.29) is 51.0 Å². The Morgan fingerprint density at radius 2 is 2.12 bits per heavy atom. The van der Waals surface area contributed by atoms with Gasteiger partial charge >= 0.3 is 26.2 Å². The SMILES string of the molecule is CCCC[C-]1CCC2CC=CC=C12.[Cl-].[Cl-].[Zr+3]. The second-order valence-corrected chi connectivity index (χ2v) is 4.23. The molecule has 1 fully saturated rings. The van der Waals surface area contributed by atoms with Crippen LogP contribution in [-0.4, -0.2) is 0 Å². The largest absolute Gasteiger partial charge is 3.00 e. The average molecular weight is 337 g/mol. The van der Waals surface area contributed by atoms with Gasteiger partial charge < -0.3 is 24.8 Å². The Morgan fingerprint density at radius 1 is 1.38 bits per heavy atom. The van der Waals surface area contributed by atoms with Crippen molar-refractivity contribution in [3.63, 3.8) is 0 Å².